The van der Waals surface area contributed by atoms with Crippen molar-refractivity contribution in [2.24, 2.45) is 0 Å². The summed E-state index contributed by atoms with van der Waals surface area (Å²) in [6.45, 7) is 6.56. The minimum absolute atomic E-state index is 0.0777. The molecule has 0 spiro atoms. The van der Waals surface area contributed by atoms with E-state index < -0.39 is 6.10 Å². The van der Waals surface area contributed by atoms with Crippen molar-refractivity contribution in [2.75, 3.05) is 13.2 Å². The van der Waals surface area contributed by atoms with E-state index in [9.17, 15) is 14.4 Å². The molecule has 0 radical (unpaired) electrons. The van der Waals surface area contributed by atoms with Gasteiger partial charge in [-0.2, -0.15) is 0 Å². The van der Waals surface area contributed by atoms with Crippen molar-refractivity contribution in [1.29, 1.82) is 0 Å². The first-order valence-electron chi connectivity index (χ1n) is 27.1. The lowest BCUT2D eigenvalue weighted by molar-refractivity contribution is -0.167. The molecule has 0 aromatic carbocycles. The zero-order valence-electron chi connectivity index (χ0n) is 41.8. The van der Waals surface area contributed by atoms with Crippen LogP contribution in [0.4, 0.5) is 0 Å². The predicted octanol–water partition coefficient (Wildman–Crippen LogP) is 17.9. The summed E-state index contributed by atoms with van der Waals surface area (Å²) in [7, 11) is 0. The first-order chi connectivity index (χ1) is 31.0. The Bertz CT molecular complexity index is 1110. The number of carbonyl (C=O) groups is 3. The topological polar surface area (TPSA) is 78.9 Å². The van der Waals surface area contributed by atoms with Gasteiger partial charge in [-0.05, 0) is 77.0 Å². The van der Waals surface area contributed by atoms with Gasteiger partial charge in [-0.1, -0.05) is 230 Å². The Morgan fingerprint density at radius 2 is 0.587 bits per heavy atom. The van der Waals surface area contributed by atoms with Crippen LogP contribution in [0.1, 0.15) is 278 Å². The molecule has 0 amide bonds. The van der Waals surface area contributed by atoms with Crippen LogP contribution in [0.3, 0.4) is 0 Å². The van der Waals surface area contributed by atoms with Gasteiger partial charge < -0.3 is 14.2 Å². The van der Waals surface area contributed by atoms with E-state index in [1.165, 1.54) is 148 Å². The molecule has 366 valence electrons. The highest BCUT2D eigenvalue weighted by Gasteiger charge is 2.19. The van der Waals surface area contributed by atoms with Crippen molar-refractivity contribution in [3.05, 3.63) is 48.6 Å². The van der Waals surface area contributed by atoms with E-state index in [1.54, 1.807) is 0 Å². The molecule has 0 aromatic rings. The van der Waals surface area contributed by atoms with Gasteiger partial charge in [-0.15, -0.1) is 0 Å². The van der Waals surface area contributed by atoms with Crippen molar-refractivity contribution in [1.82, 2.24) is 0 Å². The molecule has 0 saturated carbocycles. The fourth-order valence-corrected chi connectivity index (χ4v) is 7.67. The van der Waals surface area contributed by atoms with Gasteiger partial charge in [0.05, 0.1) is 0 Å². The van der Waals surface area contributed by atoms with E-state index >= 15 is 0 Å². The number of hydrogen-bond acceptors (Lipinski definition) is 6. The van der Waals surface area contributed by atoms with Crippen LogP contribution in [0.5, 0.6) is 0 Å². The number of esters is 3. The molecule has 0 N–H and O–H groups in total. The standard InChI is InChI=1S/C57H102O6/c1-4-7-10-13-16-19-21-23-25-26-27-28-29-30-31-32-33-35-36-38-41-44-47-50-56(59)62-53-54(52-61-55(58)49-46-43-40-18-15-12-9-6-3)63-57(60)51-48-45-42-39-37-34-24-22-20-17-14-11-8-5-2/h14,17,21-24,26-27,54H,4-13,15-16,18-20,25,28-53H2,1-3H3/b17-14-,23-21-,24-22-,27-26-. The maximum atomic E-state index is 12.8. The monoisotopic (exact) mass is 883 g/mol. The summed E-state index contributed by atoms with van der Waals surface area (Å²) in [5, 5.41) is 0. The van der Waals surface area contributed by atoms with E-state index in [1.807, 2.05) is 0 Å². The number of unbranched alkanes of at least 4 members (excludes halogenated alkanes) is 30. The molecule has 0 aliphatic carbocycles. The highest BCUT2D eigenvalue weighted by molar-refractivity contribution is 5.71. The third-order valence-corrected chi connectivity index (χ3v) is 11.8. The van der Waals surface area contributed by atoms with Gasteiger partial charge in [-0.25, -0.2) is 0 Å². The van der Waals surface area contributed by atoms with Crippen LogP contribution in [0.25, 0.3) is 0 Å². The van der Waals surface area contributed by atoms with Gasteiger partial charge in [0.15, 0.2) is 6.10 Å². The van der Waals surface area contributed by atoms with Crippen LogP contribution in [-0.4, -0.2) is 37.2 Å². The fourth-order valence-electron chi connectivity index (χ4n) is 7.67. The summed E-state index contributed by atoms with van der Waals surface area (Å²) in [5.74, 6) is -0.890. The summed E-state index contributed by atoms with van der Waals surface area (Å²) < 4.78 is 16.8. The van der Waals surface area contributed by atoms with Crippen molar-refractivity contribution >= 4 is 17.9 Å². The molecule has 0 saturated heterocycles. The average Bonchev–Trinajstić information content (AvgIpc) is 3.28. The van der Waals surface area contributed by atoms with Crippen molar-refractivity contribution < 1.29 is 28.6 Å². The maximum absolute atomic E-state index is 12.8. The van der Waals surface area contributed by atoms with Crippen LogP contribution in [0.2, 0.25) is 0 Å². The van der Waals surface area contributed by atoms with Crippen LogP contribution in [0, 0.1) is 0 Å². The van der Waals surface area contributed by atoms with Gasteiger partial charge >= 0.3 is 17.9 Å². The molecule has 0 rings (SSSR count). The zero-order chi connectivity index (χ0) is 45.8. The van der Waals surface area contributed by atoms with Crippen molar-refractivity contribution in [3.8, 4) is 0 Å². The fraction of sp³-hybridized carbons (Fsp3) is 0.807. The Kier molecular flexibility index (Phi) is 49.8. The van der Waals surface area contributed by atoms with Crippen LogP contribution >= 0.6 is 0 Å². The molecule has 0 heterocycles. The molecule has 0 bridgehead atoms. The zero-order valence-corrected chi connectivity index (χ0v) is 41.8. The highest BCUT2D eigenvalue weighted by atomic mass is 16.6. The maximum Gasteiger partial charge on any atom is 0.306 e. The Hall–Kier alpha value is -2.63. The Balaban J connectivity index is 4.21. The van der Waals surface area contributed by atoms with Gasteiger partial charge in [0.1, 0.15) is 13.2 Å². The Morgan fingerprint density at radius 1 is 0.317 bits per heavy atom. The Morgan fingerprint density at radius 3 is 0.921 bits per heavy atom. The second kappa shape index (κ2) is 52.0. The van der Waals surface area contributed by atoms with Gasteiger partial charge in [0.2, 0.25) is 0 Å². The minimum Gasteiger partial charge on any atom is -0.462 e. The average molecular weight is 883 g/mol. The van der Waals surface area contributed by atoms with Crippen molar-refractivity contribution in [2.45, 2.75) is 284 Å². The van der Waals surface area contributed by atoms with Gasteiger partial charge in [0.25, 0.3) is 0 Å². The Labute approximate surface area is 390 Å². The molecular formula is C57H102O6. The number of hydrogen-bond donors (Lipinski definition) is 0. The van der Waals surface area contributed by atoms with Crippen molar-refractivity contribution in [3.63, 3.8) is 0 Å². The van der Waals surface area contributed by atoms with E-state index in [0.717, 1.165) is 89.9 Å². The second-order valence-electron chi connectivity index (χ2n) is 18.1. The summed E-state index contributed by atoms with van der Waals surface area (Å²) in [5.41, 5.74) is 0. The molecule has 63 heavy (non-hydrogen) atoms. The molecule has 6 nitrogen and oxygen atoms in total. The summed E-state index contributed by atoms with van der Waals surface area (Å²) >= 11 is 0. The third-order valence-electron chi connectivity index (χ3n) is 11.8. The van der Waals surface area contributed by atoms with Crippen LogP contribution in [0.15, 0.2) is 48.6 Å². The highest BCUT2D eigenvalue weighted by Crippen LogP contribution is 2.15. The smallest absolute Gasteiger partial charge is 0.306 e. The quantitative estimate of drug-likeness (QED) is 0.0262. The lowest BCUT2D eigenvalue weighted by atomic mass is 10.0. The molecule has 0 fully saturated rings. The second-order valence-corrected chi connectivity index (χ2v) is 18.1. The summed E-state index contributed by atoms with van der Waals surface area (Å²) in [4.78, 5) is 37.9. The third kappa shape index (κ3) is 50.2. The minimum atomic E-state index is -0.777. The molecule has 6 heteroatoms. The molecular weight excluding hydrogens is 781 g/mol. The number of carbonyl (C=O) groups excluding carboxylic acids is 3. The van der Waals surface area contributed by atoms with Gasteiger partial charge in [-0.3, -0.25) is 14.4 Å². The van der Waals surface area contributed by atoms with E-state index in [4.69, 9.17) is 14.2 Å². The number of allylic oxidation sites excluding steroid dienone is 8. The normalized spacial score (nSPS) is 12.4. The lowest BCUT2D eigenvalue weighted by Gasteiger charge is -2.18. The number of rotatable bonds is 49. The summed E-state index contributed by atoms with van der Waals surface area (Å²) in [6, 6.07) is 0. The van der Waals surface area contributed by atoms with E-state index in [2.05, 4.69) is 69.4 Å². The molecule has 1 unspecified atom stereocenters. The van der Waals surface area contributed by atoms with Gasteiger partial charge in [0, 0.05) is 19.3 Å². The largest absolute Gasteiger partial charge is 0.462 e. The number of ether oxygens (including phenoxy) is 3. The predicted molar refractivity (Wildman–Crippen MR) is 270 cm³/mol. The summed E-state index contributed by atoms with van der Waals surface area (Å²) in [6.07, 6.45) is 62.5. The van der Waals surface area contributed by atoms with Crippen LogP contribution < -0.4 is 0 Å². The van der Waals surface area contributed by atoms with E-state index in [-0.39, 0.29) is 31.1 Å². The van der Waals surface area contributed by atoms with Crippen LogP contribution in [-0.2, 0) is 28.6 Å². The molecule has 1 atom stereocenters. The molecule has 0 aromatic heterocycles. The lowest BCUT2D eigenvalue weighted by Crippen LogP contribution is -2.30. The first-order valence-corrected chi connectivity index (χ1v) is 27.1. The molecule has 0 aliphatic heterocycles. The first kappa shape index (κ1) is 60.4. The van der Waals surface area contributed by atoms with E-state index in [0.29, 0.717) is 19.3 Å². The molecule has 0 aliphatic rings. The SMILES string of the molecule is CCCC/C=C\C/C=C\CCCCCCCC(=O)OC(COC(=O)CCCCCCCCCC)COC(=O)CCCCCCCCCCCCC/C=C\C/C=C\CCCCCCC.